The first kappa shape index (κ1) is 49.2. The van der Waals surface area contributed by atoms with E-state index in [1.807, 2.05) is 6.92 Å². The van der Waals surface area contributed by atoms with E-state index in [1.54, 1.807) is 47.6 Å². The molecule has 2 rings (SSSR count). The van der Waals surface area contributed by atoms with Gasteiger partial charge in [-0.15, -0.1) is 0 Å². The number of urea groups is 1. The van der Waals surface area contributed by atoms with Crippen LogP contribution in [0.2, 0.25) is 0 Å². The number of amides is 5. The lowest BCUT2D eigenvalue weighted by Crippen LogP contribution is -2.51. The molecule has 0 radical (unpaired) electrons. The second-order valence-electron chi connectivity index (χ2n) is 13.2. The number of Topliss-reactive ketones (excluding diaryl/α,β-unsaturated/α-hetero) is 1. The van der Waals surface area contributed by atoms with Gasteiger partial charge >= 0.3 is 18.0 Å². The van der Waals surface area contributed by atoms with E-state index in [2.05, 4.69) is 21.3 Å². The topological polar surface area (TPSA) is 282 Å². The number of esters is 1. The fourth-order valence-corrected chi connectivity index (χ4v) is 4.44. The van der Waals surface area contributed by atoms with E-state index in [4.69, 9.17) is 25.1 Å². The quantitative estimate of drug-likeness (QED) is 0.0986. The van der Waals surface area contributed by atoms with Gasteiger partial charge in [0.05, 0.1) is 24.3 Å². The number of aliphatic carboxylic acids is 1. The van der Waals surface area contributed by atoms with Crippen molar-refractivity contribution in [1.82, 2.24) is 16.0 Å². The Hall–Kier alpha value is -4.81. The third-order valence-electron chi connectivity index (χ3n) is 7.45. The molecule has 1 heterocycles. The zero-order valence-corrected chi connectivity index (χ0v) is 32.4. The van der Waals surface area contributed by atoms with E-state index in [0.29, 0.717) is 12.1 Å². The van der Waals surface area contributed by atoms with E-state index < -0.39 is 66.8 Å². The predicted molar refractivity (Wildman–Crippen MR) is 197 cm³/mol. The molecule has 0 aliphatic carbocycles. The summed E-state index contributed by atoms with van der Waals surface area (Å²) in [6, 6.07) is 3.16. The molecule has 9 N–H and O–H groups in total. The van der Waals surface area contributed by atoms with Gasteiger partial charge in [-0.3, -0.25) is 24.0 Å². The highest BCUT2D eigenvalue weighted by Gasteiger charge is 2.34. The highest BCUT2D eigenvalue weighted by Crippen LogP contribution is 2.31. The molecule has 5 amide bonds. The Kier molecular flexibility index (Phi) is 23.7. The molecule has 1 aromatic rings. The van der Waals surface area contributed by atoms with Gasteiger partial charge in [0.15, 0.2) is 6.10 Å². The zero-order chi connectivity index (χ0) is 41.5. The molecule has 1 aliphatic heterocycles. The second kappa shape index (κ2) is 26.0. The predicted octanol–water partition coefficient (Wildman–Crippen LogP) is 1.59. The van der Waals surface area contributed by atoms with Crippen LogP contribution in [0.15, 0.2) is 18.2 Å². The molecule has 306 valence electrons. The first-order chi connectivity index (χ1) is 25.3. The van der Waals surface area contributed by atoms with Gasteiger partial charge in [0.25, 0.3) is 0 Å². The van der Waals surface area contributed by atoms with Gasteiger partial charge in [-0.05, 0) is 30.0 Å². The average Bonchev–Trinajstić information content (AvgIpc) is 3.11. The van der Waals surface area contributed by atoms with Gasteiger partial charge in [-0.1, -0.05) is 54.5 Å². The van der Waals surface area contributed by atoms with Crippen LogP contribution in [-0.2, 0) is 44.8 Å². The van der Waals surface area contributed by atoms with Crippen LogP contribution >= 0.6 is 0 Å². The number of carboxylic acids is 1. The number of ketones is 1. The number of primary amides is 1. The lowest BCUT2D eigenvalue weighted by atomic mass is 10.0. The number of carbonyl (C=O) groups is 7. The van der Waals surface area contributed by atoms with Crippen molar-refractivity contribution in [2.75, 3.05) is 25.5 Å². The Morgan fingerprint density at radius 1 is 0.926 bits per heavy atom. The van der Waals surface area contributed by atoms with Crippen LogP contribution in [0.4, 0.5) is 10.5 Å². The van der Waals surface area contributed by atoms with Crippen molar-refractivity contribution in [3.05, 3.63) is 23.8 Å². The minimum atomic E-state index is -1.30. The number of nitrogens with one attached hydrogen (secondary N) is 4. The smallest absolute Gasteiger partial charge is 0.333 e. The van der Waals surface area contributed by atoms with Gasteiger partial charge in [0, 0.05) is 45.3 Å². The molecule has 0 bridgehead atoms. The number of nitrogens with two attached hydrogens (primary N) is 1. The molecule has 4 unspecified atom stereocenters. The SMILES string of the molecule is CC(C)C(=O)CCC(=O)NC(C(=O)NCC(=O)Nc1ccc(COC(=O)C(C)C)cc1OC1CC(O)CC(C(=O)O)O1)C(C)C.CCCNC(N)=O.CO. The number of anilines is 1. The molecule has 0 spiro atoms. The monoisotopic (exact) mass is 769 g/mol. The Labute approximate surface area is 316 Å². The summed E-state index contributed by atoms with van der Waals surface area (Å²) < 4.78 is 16.6. The van der Waals surface area contributed by atoms with Crippen molar-refractivity contribution in [2.45, 2.75) is 112 Å². The number of carboxylic acid groups (broad SMARTS) is 1. The largest absolute Gasteiger partial charge is 0.479 e. The molecule has 18 nitrogen and oxygen atoms in total. The van der Waals surface area contributed by atoms with Crippen LogP contribution < -0.4 is 31.7 Å². The van der Waals surface area contributed by atoms with Gasteiger partial charge in [0.1, 0.15) is 24.2 Å². The number of benzene rings is 1. The number of carbonyl (C=O) groups excluding carboxylic acids is 6. The van der Waals surface area contributed by atoms with Crippen LogP contribution in [0.25, 0.3) is 0 Å². The lowest BCUT2D eigenvalue weighted by molar-refractivity contribution is -0.195. The third kappa shape index (κ3) is 19.9. The molecule has 1 aliphatic rings. The first-order valence-electron chi connectivity index (χ1n) is 17.7. The Balaban J connectivity index is 0.00000279. The molecular weight excluding hydrogens is 710 g/mol. The van der Waals surface area contributed by atoms with E-state index >= 15 is 0 Å². The number of hydrogen-bond donors (Lipinski definition) is 8. The number of hydrogen-bond acceptors (Lipinski definition) is 12. The van der Waals surface area contributed by atoms with Gasteiger partial charge in [0.2, 0.25) is 24.0 Å². The zero-order valence-electron chi connectivity index (χ0n) is 32.4. The molecule has 1 saturated heterocycles. The number of aliphatic hydroxyl groups excluding tert-OH is 2. The molecule has 18 heteroatoms. The molecular formula is C36H59N5O13. The molecule has 1 fully saturated rings. The van der Waals surface area contributed by atoms with E-state index in [0.717, 1.165) is 13.5 Å². The van der Waals surface area contributed by atoms with Crippen molar-refractivity contribution >= 4 is 47.2 Å². The highest BCUT2D eigenvalue weighted by molar-refractivity contribution is 5.97. The summed E-state index contributed by atoms with van der Waals surface area (Å²) in [5.74, 6) is -4.24. The summed E-state index contributed by atoms with van der Waals surface area (Å²) in [5, 5.41) is 36.7. The van der Waals surface area contributed by atoms with Crippen LogP contribution in [0, 0.1) is 17.8 Å². The van der Waals surface area contributed by atoms with Crippen molar-refractivity contribution in [2.24, 2.45) is 23.5 Å². The maximum Gasteiger partial charge on any atom is 0.333 e. The van der Waals surface area contributed by atoms with Crippen LogP contribution in [-0.4, -0.2) is 102 Å². The molecule has 4 atom stereocenters. The third-order valence-corrected chi connectivity index (χ3v) is 7.45. The van der Waals surface area contributed by atoms with Crippen molar-refractivity contribution < 1.29 is 63.1 Å². The fraction of sp³-hybridized carbons (Fsp3) is 0.639. The van der Waals surface area contributed by atoms with Crippen molar-refractivity contribution in [3.63, 3.8) is 0 Å². The molecule has 1 aromatic carbocycles. The Bertz CT molecular complexity index is 1390. The summed E-state index contributed by atoms with van der Waals surface area (Å²) in [4.78, 5) is 83.2. The number of aliphatic hydroxyl groups is 2. The first-order valence-corrected chi connectivity index (χ1v) is 17.7. The minimum Gasteiger partial charge on any atom is -0.479 e. The maximum absolute atomic E-state index is 12.9. The van der Waals surface area contributed by atoms with E-state index in [9.17, 15) is 43.8 Å². The van der Waals surface area contributed by atoms with Crippen molar-refractivity contribution in [3.8, 4) is 5.75 Å². The number of ether oxygens (including phenoxy) is 3. The van der Waals surface area contributed by atoms with Gasteiger partial charge in [-0.25, -0.2) is 9.59 Å². The average molecular weight is 770 g/mol. The van der Waals surface area contributed by atoms with Crippen LogP contribution in [0.1, 0.15) is 86.1 Å². The molecule has 0 aromatic heterocycles. The van der Waals surface area contributed by atoms with E-state index in [1.165, 1.54) is 12.1 Å². The van der Waals surface area contributed by atoms with Crippen LogP contribution in [0.5, 0.6) is 5.75 Å². The molecule has 0 saturated carbocycles. The Morgan fingerprint density at radius 2 is 1.57 bits per heavy atom. The maximum atomic E-state index is 12.9. The summed E-state index contributed by atoms with van der Waals surface area (Å²) >= 11 is 0. The minimum absolute atomic E-state index is 0.0340. The lowest BCUT2D eigenvalue weighted by Gasteiger charge is -2.31. The Morgan fingerprint density at radius 3 is 2.09 bits per heavy atom. The summed E-state index contributed by atoms with van der Waals surface area (Å²) in [7, 11) is 1.00. The summed E-state index contributed by atoms with van der Waals surface area (Å²) in [5.41, 5.74) is 5.38. The van der Waals surface area contributed by atoms with Gasteiger partial charge < -0.3 is 56.5 Å². The van der Waals surface area contributed by atoms with Crippen LogP contribution in [0.3, 0.4) is 0 Å². The standard InChI is InChI=1S/C31H45N3O11.C4H10N2O.CH4O/c1-16(2)22(36)9-10-25(37)34-28(17(3)4)29(39)32-14-26(38)33-21-8-7-19(15-43-31(42)18(5)6)11-23(21)44-27-13-20(35)12-24(45-27)30(40)41;1-2-3-6-4(5)7;1-2/h7-8,11,16-18,20,24,27-28,35H,9-10,12-15H2,1-6H3,(H,32,39)(H,33,38)(H,34,37)(H,40,41);2-3H2,1H3,(H3,5,6,7);2H,1H3. The summed E-state index contributed by atoms with van der Waals surface area (Å²) in [6.07, 6.45) is -2.67. The van der Waals surface area contributed by atoms with Gasteiger partial charge in [-0.2, -0.15) is 0 Å². The highest BCUT2D eigenvalue weighted by atomic mass is 16.7. The normalized spacial score (nSPS) is 16.7. The second-order valence-corrected chi connectivity index (χ2v) is 13.2. The van der Waals surface area contributed by atoms with Crippen molar-refractivity contribution in [1.29, 1.82) is 0 Å². The fourth-order valence-electron chi connectivity index (χ4n) is 4.44. The summed E-state index contributed by atoms with van der Waals surface area (Å²) in [6.45, 7) is 12.4. The molecule has 54 heavy (non-hydrogen) atoms. The number of rotatable bonds is 18. The van der Waals surface area contributed by atoms with E-state index in [-0.39, 0.29) is 67.3 Å².